The molecular formula is C19H27N3O3. The van der Waals surface area contributed by atoms with E-state index >= 15 is 0 Å². The number of aliphatic hydroxyl groups is 1. The van der Waals surface area contributed by atoms with Gasteiger partial charge >= 0.3 is 0 Å². The molecule has 3 rings (SSSR count). The molecule has 0 spiro atoms. The van der Waals surface area contributed by atoms with Crippen molar-refractivity contribution in [1.29, 1.82) is 0 Å². The molecule has 1 fully saturated rings. The maximum atomic E-state index is 10.7. The SMILES string of the molecule is CCOc1ccc(C(O)C2CCN(Cc3cc(CN)on3)CC2)cc1. The van der Waals surface area contributed by atoms with Crippen molar-refractivity contribution in [2.24, 2.45) is 11.7 Å². The number of aromatic nitrogens is 1. The summed E-state index contributed by atoms with van der Waals surface area (Å²) in [5, 5.41) is 14.7. The van der Waals surface area contributed by atoms with Crippen molar-refractivity contribution in [1.82, 2.24) is 10.1 Å². The van der Waals surface area contributed by atoms with Crippen LogP contribution in [0.5, 0.6) is 5.75 Å². The molecule has 0 aliphatic carbocycles. The van der Waals surface area contributed by atoms with Crippen molar-refractivity contribution in [2.45, 2.75) is 39.0 Å². The lowest BCUT2D eigenvalue weighted by atomic mass is 9.87. The molecular weight excluding hydrogens is 318 g/mol. The molecule has 3 N–H and O–H groups in total. The van der Waals surface area contributed by atoms with E-state index < -0.39 is 6.10 Å². The Balaban J connectivity index is 1.50. The predicted molar refractivity (Wildman–Crippen MR) is 95.0 cm³/mol. The van der Waals surface area contributed by atoms with Crippen LogP contribution in [0.25, 0.3) is 0 Å². The number of hydrogen-bond acceptors (Lipinski definition) is 6. The van der Waals surface area contributed by atoms with Gasteiger partial charge in [-0.2, -0.15) is 0 Å². The summed E-state index contributed by atoms with van der Waals surface area (Å²) >= 11 is 0. The predicted octanol–water partition coefficient (Wildman–Crippen LogP) is 2.48. The van der Waals surface area contributed by atoms with Crippen molar-refractivity contribution in [3.8, 4) is 5.75 Å². The Morgan fingerprint density at radius 3 is 2.64 bits per heavy atom. The fourth-order valence-corrected chi connectivity index (χ4v) is 3.38. The van der Waals surface area contributed by atoms with Gasteiger partial charge in [0.05, 0.1) is 24.9 Å². The highest BCUT2D eigenvalue weighted by Gasteiger charge is 2.26. The topological polar surface area (TPSA) is 84.8 Å². The summed E-state index contributed by atoms with van der Waals surface area (Å²) in [7, 11) is 0. The van der Waals surface area contributed by atoms with Crippen LogP contribution in [0.4, 0.5) is 0 Å². The number of benzene rings is 1. The number of nitrogens with zero attached hydrogens (tertiary/aromatic N) is 2. The standard InChI is InChI=1S/C19H27N3O3/c1-2-24-17-5-3-14(4-6-17)19(23)15-7-9-22(10-8-15)13-16-11-18(12-20)25-21-16/h3-6,11,15,19,23H,2,7-10,12-13,20H2,1H3. The summed E-state index contributed by atoms with van der Waals surface area (Å²) in [6, 6.07) is 9.70. The second kappa shape index (κ2) is 8.47. The largest absolute Gasteiger partial charge is 0.494 e. The number of rotatable bonds is 7. The lowest BCUT2D eigenvalue weighted by Gasteiger charge is -2.33. The van der Waals surface area contributed by atoms with Crippen LogP contribution >= 0.6 is 0 Å². The van der Waals surface area contributed by atoms with Gasteiger partial charge in [-0.3, -0.25) is 4.90 Å². The van der Waals surface area contributed by atoms with Crippen molar-refractivity contribution < 1.29 is 14.4 Å². The summed E-state index contributed by atoms with van der Waals surface area (Å²) < 4.78 is 10.6. The Hall–Kier alpha value is -1.89. The maximum Gasteiger partial charge on any atom is 0.150 e. The minimum Gasteiger partial charge on any atom is -0.494 e. The van der Waals surface area contributed by atoms with Gasteiger partial charge in [0.1, 0.15) is 5.75 Å². The normalized spacial score (nSPS) is 17.6. The number of likely N-dealkylation sites (tertiary alicyclic amines) is 1. The third-order valence-electron chi connectivity index (χ3n) is 4.81. The highest BCUT2D eigenvalue weighted by atomic mass is 16.5. The van der Waals surface area contributed by atoms with E-state index in [4.69, 9.17) is 15.0 Å². The first-order valence-electron chi connectivity index (χ1n) is 8.97. The van der Waals surface area contributed by atoms with Crippen molar-refractivity contribution in [2.75, 3.05) is 19.7 Å². The molecule has 0 bridgehead atoms. The molecule has 6 heteroatoms. The number of hydrogen-bond donors (Lipinski definition) is 2. The second-order valence-electron chi connectivity index (χ2n) is 6.55. The third kappa shape index (κ3) is 4.60. The smallest absolute Gasteiger partial charge is 0.150 e. The fraction of sp³-hybridized carbons (Fsp3) is 0.526. The number of piperidine rings is 1. The van der Waals surface area contributed by atoms with Gasteiger partial charge < -0.3 is 20.1 Å². The first-order chi connectivity index (χ1) is 12.2. The van der Waals surface area contributed by atoms with Crippen LogP contribution < -0.4 is 10.5 Å². The lowest BCUT2D eigenvalue weighted by Crippen LogP contribution is -2.35. The van der Waals surface area contributed by atoms with Gasteiger partial charge in [-0.1, -0.05) is 17.3 Å². The maximum absolute atomic E-state index is 10.7. The Labute approximate surface area is 148 Å². The van der Waals surface area contributed by atoms with Crippen molar-refractivity contribution in [3.63, 3.8) is 0 Å². The van der Waals surface area contributed by atoms with Crippen molar-refractivity contribution >= 4 is 0 Å². The zero-order valence-corrected chi connectivity index (χ0v) is 14.7. The Kier molecular flexibility index (Phi) is 6.07. The van der Waals surface area contributed by atoms with Crippen LogP contribution in [-0.2, 0) is 13.1 Å². The van der Waals surface area contributed by atoms with Crippen LogP contribution in [0.2, 0.25) is 0 Å². The molecule has 2 aromatic rings. The molecule has 1 aromatic heterocycles. The van der Waals surface area contributed by atoms with Gasteiger partial charge in [-0.15, -0.1) is 0 Å². The van der Waals surface area contributed by atoms with E-state index in [1.54, 1.807) is 0 Å². The van der Waals surface area contributed by atoms with Gasteiger partial charge in [-0.25, -0.2) is 0 Å². The van der Waals surface area contributed by atoms with E-state index in [0.717, 1.165) is 55.2 Å². The van der Waals surface area contributed by atoms with E-state index in [1.807, 2.05) is 37.3 Å². The summed E-state index contributed by atoms with van der Waals surface area (Å²) in [6.07, 6.45) is 1.51. The van der Waals surface area contributed by atoms with Gasteiger partial charge in [0.15, 0.2) is 5.76 Å². The molecule has 6 nitrogen and oxygen atoms in total. The molecule has 1 saturated heterocycles. The molecule has 0 saturated carbocycles. The Bertz CT molecular complexity index is 648. The van der Waals surface area contributed by atoms with Crippen LogP contribution in [0.1, 0.15) is 42.9 Å². The number of nitrogens with two attached hydrogens (primary N) is 1. The van der Waals surface area contributed by atoms with Gasteiger partial charge in [-0.05, 0) is 56.5 Å². The number of ether oxygens (including phenoxy) is 1. The monoisotopic (exact) mass is 345 g/mol. The fourth-order valence-electron chi connectivity index (χ4n) is 3.38. The third-order valence-corrected chi connectivity index (χ3v) is 4.81. The zero-order valence-electron chi connectivity index (χ0n) is 14.7. The highest BCUT2D eigenvalue weighted by molar-refractivity contribution is 5.28. The first-order valence-corrected chi connectivity index (χ1v) is 8.97. The molecule has 1 aliphatic rings. The molecule has 1 aromatic carbocycles. The van der Waals surface area contributed by atoms with Crippen molar-refractivity contribution in [3.05, 3.63) is 47.3 Å². The highest BCUT2D eigenvalue weighted by Crippen LogP contribution is 2.31. The van der Waals surface area contributed by atoms with Gasteiger partial charge in [0, 0.05) is 12.6 Å². The minimum absolute atomic E-state index is 0.283. The molecule has 0 radical (unpaired) electrons. The van der Waals surface area contributed by atoms with E-state index in [9.17, 15) is 5.11 Å². The van der Waals surface area contributed by atoms with Crippen LogP contribution in [0.15, 0.2) is 34.9 Å². The van der Waals surface area contributed by atoms with Crippen LogP contribution in [-0.4, -0.2) is 34.9 Å². The molecule has 136 valence electrons. The molecule has 1 aliphatic heterocycles. The summed E-state index contributed by atoms with van der Waals surface area (Å²) in [6.45, 7) is 5.66. The van der Waals surface area contributed by atoms with E-state index in [2.05, 4.69) is 10.1 Å². The number of aliphatic hydroxyl groups excluding tert-OH is 1. The first kappa shape index (κ1) is 17.9. The molecule has 1 atom stereocenters. The van der Waals surface area contributed by atoms with E-state index in [-0.39, 0.29) is 5.92 Å². The molecule has 25 heavy (non-hydrogen) atoms. The summed E-state index contributed by atoms with van der Waals surface area (Å²) in [5.41, 5.74) is 7.43. The zero-order chi connectivity index (χ0) is 17.6. The Morgan fingerprint density at radius 1 is 1.32 bits per heavy atom. The average molecular weight is 345 g/mol. The van der Waals surface area contributed by atoms with Crippen LogP contribution in [0.3, 0.4) is 0 Å². The molecule has 1 unspecified atom stereocenters. The molecule has 0 amide bonds. The van der Waals surface area contributed by atoms with Gasteiger partial charge in [0.25, 0.3) is 0 Å². The minimum atomic E-state index is -0.422. The summed E-state index contributed by atoms with van der Waals surface area (Å²) in [5.74, 6) is 1.85. The second-order valence-corrected chi connectivity index (χ2v) is 6.55. The Morgan fingerprint density at radius 2 is 2.04 bits per heavy atom. The van der Waals surface area contributed by atoms with Crippen LogP contribution in [0, 0.1) is 5.92 Å². The summed E-state index contributed by atoms with van der Waals surface area (Å²) in [4.78, 5) is 2.35. The van der Waals surface area contributed by atoms with Gasteiger partial charge in [0.2, 0.25) is 0 Å². The van der Waals surface area contributed by atoms with E-state index in [1.165, 1.54) is 0 Å². The molecule has 2 heterocycles. The quantitative estimate of drug-likeness (QED) is 0.802. The lowest BCUT2D eigenvalue weighted by molar-refractivity contribution is 0.0561. The average Bonchev–Trinajstić information content (AvgIpc) is 3.10. The van der Waals surface area contributed by atoms with E-state index in [0.29, 0.717) is 13.2 Å².